The molecule has 2 N–H and O–H groups in total. The number of benzene rings is 1. The van der Waals surface area contributed by atoms with Gasteiger partial charge in [-0.1, -0.05) is 19.9 Å². The first kappa shape index (κ1) is 22.9. The zero-order valence-corrected chi connectivity index (χ0v) is 18.6. The van der Waals surface area contributed by atoms with Crippen molar-refractivity contribution in [2.75, 3.05) is 12.4 Å². The minimum atomic E-state index is -0.789. The highest BCUT2D eigenvalue weighted by Gasteiger charge is 2.26. The minimum Gasteiger partial charge on any atom is -0.467 e. The van der Waals surface area contributed by atoms with E-state index in [0.717, 1.165) is 5.69 Å². The Morgan fingerprint density at radius 3 is 2.56 bits per heavy atom. The lowest BCUT2D eigenvalue weighted by molar-refractivity contribution is -0.144. The number of aryl methyl sites for hydroxylation is 2. The molecule has 2 heterocycles. The van der Waals surface area contributed by atoms with Gasteiger partial charge >= 0.3 is 5.97 Å². The quantitative estimate of drug-likeness (QED) is 0.524. The molecule has 2 amide bonds. The molecule has 1 atom stereocenters. The van der Waals surface area contributed by atoms with Gasteiger partial charge in [-0.05, 0) is 30.2 Å². The molecule has 0 spiro atoms. The van der Waals surface area contributed by atoms with Gasteiger partial charge in [-0.15, -0.1) is 0 Å². The molecule has 0 fully saturated rings. The molecule has 0 aliphatic carbocycles. The number of carbonyl (C=O) groups is 3. The Morgan fingerprint density at radius 2 is 1.94 bits per heavy atom. The third-order valence-corrected chi connectivity index (χ3v) is 5.03. The number of imidazole rings is 1. The first-order valence-electron chi connectivity index (χ1n) is 10.3. The molecule has 3 aromatic rings. The highest BCUT2D eigenvalue weighted by atomic mass is 16.5. The first-order chi connectivity index (χ1) is 15.3. The van der Waals surface area contributed by atoms with Crippen molar-refractivity contribution in [2.45, 2.75) is 39.8 Å². The second kappa shape index (κ2) is 10.0. The van der Waals surface area contributed by atoms with Crippen molar-refractivity contribution in [2.24, 2.45) is 5.92 Å². The molecule has 32 heavy (non-hydrogen) atoms. The molecule has 9 heteroatoms. The van der Waals surface area contributed by atoms with E-state index in [-0.39, 0.29) is 17.4 Å². The predicted molar refractivity (Wildman–Crippen MR) is 120 cm³/mol. The van der Waals surface area contributed by atoms with Crippen LogP contribution in [0.2, 0.25) is 0 Å². The summed E-state index contributed by atoms with van der Waals surface area (Å²) in [5, 5.41) is 5.50. The number of pyridine rings is 1. The molecule has 0 saturated heterocycles. The Labute approximate surface area is 186 Å². The van der Waals surface area contributed by atoms with E-state index in [0.29, 0.717) is 29.7 Å². The number of esters is 1. The van der Waals surface area contributed by atoms with E-state index < -0.39 is 17.9 Å². The number of fused-ring (bicyclic) bond motifs is 1. The summed E-state index contributed by atoms with van der Waals surface area (Å²) in [4.78, 5) is 45.5. The Kier molecular flexibility index (Phi) is 7.19. The maximum absolute atomic E-state index is 12.9. The number of rotatable bonds is 8. The van der Waals surface area contributed by atoms with Gasteiger partial charge in [0.2, 0.25) is 5.91 Å². The van der Waals surface area contributed by atoms with Crippen molar-refractivity contribution in [3.63, 3.8) is 0 Å². The van der Waals surface area contributed by atoms with Gasteiger partial charge < -0.3 is 19.9 Å². The molecule has 168 valence electrons. The third kappa shape index (κ3) is 5.29. The molecule has 2 aromatic heterocycles. The summed E-state index contributed by atoms with van der Waals surface area (Å²) in [6.07, 6.45) is 4.10. The topological polar surface area (TPSA) is 115 Å². The maximum Gasteiger partial charge on any atom is 0.328 e. The van der Waals surface area contributed by atoms with E-state index in [1.54, 1.807) is 24.7 Å². The van der Waals surface area contributed by atoms with E-state index in [9.17, 15) is 14.4 Å². The molecular weight excluding hydrogens is 410 g/mol. The van der Waals surface area contributed by atoms with Crippen LogP contribution in [0.1, 0.15) is 36.8 Å². The summed E-state index contributed by atoms with van der Waals surface area (Å²) in [6.45, 7) is 5.64. The molecule has 0 radical (unpaired) electrons. The lowest BCUT2D eigenvalue weighted by Gasteiger charge is -2.20. The van der Waals surface area contributed by atoms with Gasteiger partial charge in [-0.3, -0.25) is 14.6 Å². The molecule has 0 unspecified atom stereocenters. The number of hydrogen-bond acceptors (Lipinski definition) is 6. The number of ether oxygens (including phenoxy) is 1. The normalized spacial score (nSPS) is 11.9. The minimum absolute atomic E-state index is 0.157. The second-order valence-corrected chi connectivity index (χ2v) is 7.80. The van der Waals surface area contributed by atoms with Crippen LogP contribution in [0.15, 0.2) is 42.9 Å². The van der Waals surface area contributed by atoms with Crippen LogP contribution >= 0.6 is 0 Å². The third-order valence-electron chi connectivity index (χ3n) is 5.03. The smallest absolute Gasteiger partial charge is 0.328 e. The second-order valence-electron chi connectivity index (χ2n) is 7.80. The molecular formula is C23H27N5O4. The van der Waals surface area contributed by atoms with E-state index in [4.69, 9.17) is 4.74 Å². The van der Waals surface area contributed by atoms with Gasteiger partial charge in [-0.25, -0.2) is 9.78 Å². The molecule has 3 rings (SSSR count). The summed E-state index contributed by atoms with van der Waals surface area (Å²) < 4.78 is 6.71. The van der Waals surface area contributed by atoms with Crippen molar-refractivity contribution in [3.8, 4) is 0 Å². The average Bonchev–Trinajstić information content (AvgIpc) is 3.18. The fourth-order valence-electron chi connectivity index (χ4n) is 3.42. The Morgan fingerprint density at radius 1 is 1.16 bits per heavy atom. The van der Waals surface area contributed by atoms with Crippen molar-refractivity contribution in [1.29, 1.82) is 0 Å². The Bertz CT molecular complexity index is 1120. The fourth-order valence-corrected chi connectivity index (χ4v) is 3.42. The number of hydrogen-bond donors (Lipinski definition) is 2. The van der Waals surface area contributed by atoms with E-state index in [2.05, 4.69) is 20.6 Å². The fraction of sp³-hybridized carbons (Fsp3) is 0.348. The summed E-state index contributed by atoms with van der Waals surface area (Å²) in [7, 11) is 1.28. The van der Waals surface area contributed by atoms with Gasteiger partial charge in [0, 0.05) is 37.3 Å². The van der Waals surface area contributed by atoms with Crippen LogP contribution in [-0.2, 0) is 27.3 Å². The molecule has 0 bridgehead atoms. The van der Waals surface area contributed by atoms with E-state index in [1.807, 2.05) is 36.6 Å². The molecule has 0 saturated carbocycles. The molecule has 1 aromatic carbocycles. The number of nitrogens with one attached hydrogen (secondary N) is 2. The molecule has 0 aliphatic heterocycles. The van der Waals surface area contributed by atoms with Gasteiger partial charge in [0.05, 0.1) is 30.2 Å². The van der Waals surface area contributed by atoms with E-state index >= 15 is 0 Å². The van der Waals surface area contributed by atoms with Crippen molar-refractivity contribution < 1.29 is 19.1 Å². The summed E-state index contributed by atoms with van der Waals surface area (Å²) >= 11 is 0. The van der Waals surface area contributed by atoms with Gasteiger partial charge in [0.15, 0.2) is 0 Å². The monoisotopic (exact) mass is 437 g/mol. The molecule has 9 nitrogen and oxygen atoms in total. The summed E-state index contributed by atoms with van der Waals surface area (Å²) in [6, 6.07) is 8.18. The van der Waals surface area contributed by atoms with E-state index in [1.165, 1.54) is 14.0 Å². The number of methoxy groups -OCH3 is 1. The lowest BCUT2D eigenvalue weighted by atomic mass is 10.0. The van der Waals surface area contributed by atoms with Crippen LogP contribution in [0.5, 0.6) is 0 Å². The number of carbonyl (C=O) groups excluding carboxylic acids is 3. The van der Waals surface area contributed by atoms with Gasteiger partial charge in [0.25, 0.3) is 5.91 Å². The zero-order chi connectivity index (χ0) is 23.3. The van der Waals surface area contributed by atoms with Crippen LogP contribution in [0.4, 0.5) is 5.69 Å². The lowest BCUT2D eigenvalue weighted by Crippen LogP contribution is -2.45. The number of amides is 2. The largest absolute Gasteiger partial charge is 0.467 e. The number of nitrogens with zero attached hydrogens (tertiary/aromatic N) is 3. The SMILES string of the molecule is COC(=O)[C@@H](NC(=O)c1cc(NC(C)=O)c2c(c1)ncn2CCc1ccccn1)C(C)C. The van der Waals surface area contributed by atoms with Crippen LogP contribution in [0.3, 0.4) is 0 Å². The Hall–Kier alpha value is -3.75. The predicted octanol–water partition coefficient (Wildman–Crippen LogP) is 2.56. The van der Waals surface area contributed by atoms with Crippen LogP contribution in [0, 0.1) is 5.92 Å². The standard InChI is InChI=1S/C23H27N5O4/c1-14(2)20(23(31)32-4)27-22(30)16-11-18-21(19(12-16)26-15(3)29)28(13-25-18)10-8-17-7-5-6-9-24-17/h5-7,9,11-14,20H,8,10H2,1-4H3,(H,26,29)(H,27,30)/t20-/m0/s1. The first-order valence-corrected chi connectivity index (χ1v) is 10.3. The van der Waals surface area contributed by atoms with Crippen molar-refractivity contribution in [3.05, 3.63) is 54.1 Å². The average molecular weight is 438 g/mol. The number of anilines is 1. The summed E-state index contributed by atoms with van der Waals surface area (Å²) in [5.74, 6) is -1.40. The highest BCUT2D eigenvalue weighted by molar-refractivity contribution is 6.05. The number of aromatic nitrogens is 3. The van der Waals surface area contributed by atoms with Gasteiger partial charge in [0.1, 0.15) is 6.04 Å². The summed E-state index contributed by atoms with van der Waals surface area (Å²) in [5.41, 5.74) is 2.96. The van der Waals surface area contributed by atoms with Crippen LogP contribution in [-0.4, -0.2) is 45.5 Å². The van der Waals surface area contributed by atoms with Crippen LogP contribution in [0.25, 0.3) is 11.0 Å². The van der Waals surface area contributed by atoms with Crippen molar-refractivity contribution >= 4 is 34.5 Å². The Balaban J connectivity index is 1.93. The maximum atomic E-state index is 12.9. The van der Waals surface area contributed by atoms with Crippen molar-refractivity contribution in [1.82, 2.24) is 19.9 Å². The zero-order valence-electron chi connectivity index (χ0n) is 18.6. The van der Waals surface area contributed by atoms with Gasteiger partial charge in [-0.2, -0.15) is 0 Å². The molecule has 0 aliphatic rings. The van der Waals surface area contributed by atoms with Crippen LogP contribution < -0.4 is 10.6 Å². The highest BCUT2D eigenvalue weighted by Crippen LogP contribution is 2.26.